The van der Waals surface area contributed by atoms with Crippen LogP contribution in [0.5, 0.6) is 5.75 Å². The Morgan fingerprint density at radius 1 is 1.10 bits per heavy atom. The minimum atomic E-state index is 0.0986. The summed E-state index contributed by atoms with van der Waals surface area (Å²) in [5.74, 6) is 0.821. The Balaban J connectivity index is 1.28. The van der Waals surface area contributed by atoms with Gasteiger partial charge in [0.05, 0.1) is 10.6 Å². The van der Waals surface area contributed by atoms with Crippen molar-refractivity contribution in [1.29, 1.82) is 0 Å². The van der Waals surface area contributed by atoms with Gasteiger partial charge >= 0.3 is 0 Å². The average Bonchev–Trinajstić information content (AvgIpc) is 3.22. The quantitative estimate of drug-likeness (QED) is 0.587. The second kappa shape index (κ2) is 9.39. The Hall–Kier alpha value is -2.41. The smallest absolute Gasteiger partial charge is 0.264 e. The fraction of sp³-hybridized carbons (Fsp3) is 0.273. The van der Waals surface area contributed by atoms with Crippen molar-refractivity contribution in [3.05, 3.63) is 81.3 Å². The second-order valence-electron chi connectivity index (χ2n) is 6.95. The van der Waals surface area contributed by atoms with Crippen LogP contribution < -0.4 is 4.74 Å². The number of piperazine rings is 1. The van der Waals surface area contributed by atoms with Crippen molar-refractivity contribution in [2.45, 2.75) is 13.2 Å². The first-order valence-electron chi connectivity index (χ1n) is 9.55. The first kappa shape index (κ1) is 19.9. The normalized spacial score (nSPS) is 14.7. The monoisotopic (exact) mass is 427 g/mol. The van der Waals surface area contributed by atoms with Crippen LogP contribution in [0.1, 0.15) is 20.9 Å². The van der Waals surface area contributed by atoms with Crippen LogP contribution in [0.15, 0.2) is 60.1 Å². The Bertz CT molecular complexity index is 955. The SMILES string of the molecule is O=C(c1cc(COc2cccc(Cl)c2)cs1)N1CCN(Cc2ccccn2)CC1. The molecule has 1 aliphatic heterocycles. The number of nitrogens with zero attached hydrogens (tertiary/aromatic N) is 3. The number of aromatic nitrogens is 1. The predicted octanol–water partition coefficient (Wildman–Crippen LogP) is 4.33. The molecule has 0 N–H and O–H groups in total. The molecule has 1 fully saturated rings. The largest absolute Gasteiger partial charge is 0.489 e. The number of hydrogen-bond acceptors (Lipinski definition) is 5. The average molecular weight is 428 g/mol. The van der Waals surface area contributed by atoms with Crippen molar-refractivity contribution in [2.75, 3.05) is 26.2 Å². The molecule has 0 spiro atoms. The second-order valence-corrected chi connectivity index (χ2v) is 8.30. The molecule has 1 aliphatic rings. The van der Waals surface area contributed by atoms with E-state index in [1.807, 2.05) is 58.9 Å². The number of carbonyl (C=O) groups is 1. The highest BCUT2D eigenvalue weighted by atomic mass is 35.5. The van der Waals surface area contributed by atoms with Crippen molar-refractivity contribution in [3.8, 4) is 5.75 Å². The highest BCUT2D eigenvalue weighted by Gasteiger charge is 2.23. The summed E-state index contributed by atoms with van der Waals surface area (Å²) < 4.78 is 5.77. The van der Waals surface area contributed by atoms with E-state index >= 15 is 0 Å². The molecular weight excluding hydrogens is 406 g/mol. The summed E-state index contributed by atoms with van der Waals surface area (Å²) in [6, 6.07) is 15.2. The van der Waals surface area contributed by atoms with Crippen molar-refractivity contribution >= 4 is 28.8 Å². The molecule has 7 heteroatoms. The van der Waals surface area contributed by atoms with E-state index in [1.54, 1.807) is 6.07 Å². The molecule has 0 saturated carbocycles. The maximum atomic E-state index is 12.8. The van der Waals surface area contributed by atoms with Gasteiger partial charge < -0.3 is 9.64 Å². The molecule has 1 aromatic carbocycles. The molecule has 3 aromatic rings. The van der Waals surface area contributed by atoms with Gasteiger partial charge in [-0.3, -0.25) is 14.7 Å². The van der Waals surface area contributed by atoms with Crippen LogP contribution in [0, 0.1) is 0 Å². The molecule has 29 heavy (non-hydrogen) atoms. The fourth-order valence-electron chi connectivity index (χ4n) is 3.27. The van der Waals surface area contributed by atoms with Gasteiger partial charge in [0.2, 0.25) is 0 Å². The summed E-state index contributed by atoms with van der Waals surface area (Å²) in [6.45, 7) is 4.43. The van der Waals surface area contributed by atoms with Gasteiger partial charge in [-0.25, -0.2) is 0 Å². The summed E-state index contributed by atoms with van der Waals surface area (Å²) in [7, 11) is 0. The van der Waals surface area contributed by atoms with Crippen LogP contribution in [0.2, 0.25) is 5.02 Å². The third-order valence-electron chi connectivity index (χ3n) is 4.84. The van der Waals surface area contributed by atoms with E-state index < -0.39 is 0 Å². The number of carbonyl (C=O) groups excluding carboxylic acids is 1. The molecule has 0 radical (unpaired) electrons. The molecule has 0 aliphatic carbocycles. The fourth-order valence-corrected chi connectivity index (χ4v) is 4.32. The number of benzene rings is 1. The van der Waals surface area contributed by atoms with Crippen LogP contribution >= 0.6 is 22.9 Å². The first-order chi connectivity index (χ1) is 14.2. The molecule has 5 nitrogen and oxygen atoms in total. The van der Waals surface area contributed by atoms with Crippen LogP contribution in [-0.2, 0) is 13.2 Å². The van der Waals surface area contributed by atoms with Crippen molar-refractivity contribution in [3.63, 3.8) is 0 Å². The lowest BCUT2D eigenvalue weighted by atomic mass is 10.2. The van der Waals surface area contributed by atoms with Crippen molar-refractivity contribution in [1.82, 2.24) is 14.8 Å². The molecule has 0 atom stereocenters. The molecular formula is C22H22ClN3O2S. The molecule has 1 saturated heterocycles. The number of hydrogen-bond donors (Lipinski definition) is 0. The summed E-state index contributed by atoms with van der Waals surface area (Å²) in [5, 5.41) is 2.63. The van der Waals surface area contributed by atoms with E-state index in [9.17, 15) is 4.79 Å². The predicted molar refractivity (Wildman–Crippen MR) is 116 cm³/mol. The van der Waals surface area contributed by atoms with Gasteiger partial charge in [-0.1, -0.05) is 23.7 Å². The van der Waals surface area contributed by atoms with Crippen LogP contribution in [-0.4, -0.2) is 46.9 Å². The number of pyridine rings is 1. The number of ether oxygens (including phenoxy) is 1. The van der Waals surface area contributed by atoms with E-state index in [0.717, 1.165) is 54.6 Å². The maximum Gasteiger partial charge on any atom is 0.264 e. The first-order valence-corrected chi connectivity index (χ1v) is 10.8. The minimum Gasteiger partial charge on any atom is -0.489 e. The third kappa shape index (κ3) is 5.35. The van der Waals surface area contributed by atoms with Gasteiger partial charge in [-0.05, 0) is 41.8 Å². The van der Waals surface area contributed by atoms with Gasteiger partial charge in [0.15, 0.2) is 0 Å². The van der Waals surface area contributed by atoms with E-state index in [1.165, 1.54) is 11.3 Å². The van der Waals surface area contributed by atoms with E-state index in [-0.39, 0.29) is 5.91 Å². The summed E-state index contributed by atoms with van der Waals surface area (Å²) in [4.78, 5) is 22.3. The number of amides is 1. The Labute approximate surface area is 179 Å². The number of thiophene rings is 1. The topological polar surface area (TPSA) is 45.7 Å². The van der Waals surface area contributed by atoms with Gasteiger partial charge in [0.25, 0.3) is 5.91 Å². The van der Waals surface area contributed by atoms with Crippen molar-refractivity contribution in [2.24, 2.45) is 0 Å². The van der Waals surface area contributed by atoms with E-state index in [4.69, 9.17) is 16.3 Å². The molecule has 0 unspecified atom stereocenters. The van der Waals surface area contributed by atoms with Gasteiger partial charge in [0.1, 0.15) is 12.4 Å². The van der Waals surface area contributed by atoms with Crippen LogP contribution in [0.25, 0.3) is 0 Å². The van der Waals surface area contributed by atoms with E-state index in [0.29, 0.717) is 11.6 Å². The standard InChI is InChI=1S/C22H22ClN3O2S/c23-18-4-3-6-20(13-18)28-15-17-12-21(29-16-17)22(27)26-10-8-25(9-11-26)14-19-5-1-2-7-24-19/h1-7,12-13,16H,8-11,14-15H2. The zero-order valence-corrected chi connectivity index (χ0v) is 17.5. The molecule has 4 rings (SSSR count). The van der Waals surface area contributed by atoms with E-state index in [2.05, 4.69) is 9.88 Å². The number of rotatable bonds is 6. The van der Waals surface area contributed by atoms with Crippen LogP contribution in [0.4, 0.5) is 0 Å². The highest BCUT2D eigenvalue weighted by molar-refractivity contribution is 7.12. The van der Waals surface area contributed by atoms with Crippen molar-refractivity contribution < 1.29 is 9.53 Å². The lowest BCUT2D eigenvalue weighted by Gasteiger charge is -2.34. The molecule has 150 valence electrons. The zero-order valence-electron chi connectivity index (χ0n) is 16.0. The lowest BCUT2D eigenvalue weighted by Crippen LogP contribution is -2.48. The molecule has 2 aromatic heterocycles. The van der Waals surface area contributed by atoms with Crippen LogP contribution in [0.3, 0.4) is 0 Å². The zero-order chi connectivity index (χ0) is 20.1. The summed E-state index contributed by atoms with van der Waals surface area (Å²) in [6.07, 6.45) is 1.82. The van der Waals surface area contributed by atoms with Gasteiger partial charge in [-0.2, -0.15) is 0 Å². The Kier molecular flexibility index (Phi) is 6.44. The molecule has 0 bridgehead atoms. The summed E-state index contributed by atoms with van der Waals surface area (Å²) >= 11 is 7.45. The Morgan fingerprint density at radius 3 is 2.72 bits per heavy atom. The summed E-state index contributed by atoms with van der Waals surface area (Å²) in [5.41, 5.74) is 2.06. The minimum absolute atomic E-state index is 0.0986. The van der Waals surface area contributed by atoms with Gasteiger partial charge in [-0.15, -0.1) is 11.3 Å². The third-order valence-corrected chi connectivity index (χ3v) is 6.04. The highest BCUT2D eigenvalue weighted by Crippen LogP contribution is 2.22. The number of halogens is 1. The molecule has 3 heterocycles. The van der Waals surface area contributed by atoms with Gasteiger partial charge in [0, 0.05) is 49.5 Å². The molecule has 1 amide bonds. The lowest BCUT2D eigenvalue weighted by molar-refractivity contribution is 0.0631. The Morgan fingerprint density at radius 2 is 1.97 bits per heavy atom. The maximum absolute atomic E-state index is 12.8.